The van der Waals surface area contributed by atoms with Gasteiger partial charge in [-0.1, -0.05) is 26.0 Å². The second-order valence-corrected chi connectivity index (χ2v) is 4.48. The van der Waals surface area contributed by atoms with Crippen molar-refractivity contribution in [3.63, 3.8) is 0 Å². The number of hydrogen-bond donors (Lipinski definition) is 2. The van der Waals surface area contributed by atoms with Gasteiger partial charge in [0.05, 0.1) is 0 Å². The molecule has 0 saturated carbocycles. The van der Waals surface area contributed by atoms with Gasteiger partial charge in [0.15, 0.2) is 0 Å². The van der Waals surface area contributed by atoms with E-state index in [0.717, 1.165) is 19.6 Å². The summed E-state index contributed by atoms with van der Waals surface area (Å²) in [4.78, 5) is 0. The van der Waals surface area contributed by atoms with Crippen LogP contribution in [-0.2, 0) is 0 Å². The van der Waals surface area contributed by atoms with Crippen LogP contribution in [0.15, 0.2) is 12.2 Å². The second kappa shape index (κ2) is 4.77. The molecule has 0 aliphatic carbocycles. The van der Waals surface area contributed by atoms with Gasteiger partial charge < -0.3 is 10.6 Å². The summed E-state index contributed by atoms with van der Waals surface area (Å²) in [5, 5.41) is 7.02. The van der Waals surface area contributed by atoms with Crippen LogP contribution < -0.4 is 10.6 Å². The van der Waals surface area contributed by atoms with Crippen LogP contribution in [-0.4, -0.2) is 25.7 Å². The molecule has 2 heteroatoms. The summed E-state index contributed by atoms with van der Waals surface area (Å²) in [5.41, 5.74) is 0.389. The average molecular weight is 182 g/mol. The summed E-state index contributed by atoms with van der Waals surface area (Å²) in [5.74, 6) is 0. The van der Waals surface area contributed by atoms with Gasteiger partial charge in [0.2, 0.25) is 0 Å². The van der Waals surface area contributed by atoms with Crippen LogP contribution in [0.1, 0.15) is 27.2 Å². The maximum absolute atomic E-state index is 3.59. The second-order valence-electron chi connectivity index (χ2n) is 4.48. The van der Waals surface area contributed by atoms with E-state index in [1.807, 2.05) is 0 Å². The first kappa shape index (κ1) is 10.7. The van der Waals surface area contributed by atoms with Crippen LogP contribution >= 0.6 is 0 Å². The van der Waals surface area contributed by atoms with E-state index in [0.29, 0.717) is 11.5 Å². The molecule has 1 heterocycles. The van der Waals surface area contributed by atoms with Crippen LogP contribution in [0.4, 0.5) is 0 Å². The van der Waals surface area contributed by atoms with E-state index in [9.17, 15) is 0 Å². The van der Waals surface area contributed by atoms with Crippen molar-refractivity contribution in [1.29, 1.82) is 0 Å². The highest BCUT2D eigenvalue weighted by Crippen LogP contribution is 2.24. The Labute approximate surface area is 81.8 Å². The summed E-state index contributed by atoms with van der Waals surface area (Å²) in [6.45, 7) is 10.00. The molecule has 0 aromatic carbocycles. The fourth-order valence-electron chi connectivity index (χ4n) is 1.88. The van der Waals surface area contributed by atoms with Crippen molar-refractivity contribution in [3.05, 3.63) is 12.2 Å². The monoisotopic (exact) mass is 182 g/mol. The minimum atomic E-state index is 0.389. The van der Waals surface area contributed by atoms with E-state index in [2.05, 4.69) is 43.6 Å². The molecule has 0 radical (unpaired) electrons. The minimum absolute atomic E-state index is 0.389. The summed E-state index contributed by atoms with van der Waals surface area (Å²) in [6.07, 6.45) is 5.52. The fourth-order valence-corrected chi connectivity index (χ4v) is 1.88. The molecule has 1 aliphatic heterocycles. The lowest BCUT2D eigenvalue weighted by molar-refractivity contribution is 0.189. The Hall–Kier alpha value is -0.340. The fraction of sp³-hybridized carbons (Fsp3) is 0.818. The normalized spacial score (nSPS) is 28.1. The number of rotatable bonds is 3. The number of hydrogen-bond acceptors (Lipinski definition) is 2. The first-order valence-corrected chi connectivity index (χ1v) is 5.22. The predicted octanol–water partition coefficient (Wildman–Crippen LogP) is 1.54. The van der Waals surface area contributed by atoms with E-state index in [-0.39, 0.29) is 0 Å². The Kier molecular flexibility index (Phi) is 3.94. The van der Waals surface area contributed by atoms with E-state index in [4.69, 9.17) is 0 Å². The molecule has 76 valence electrons. The van der Waals surface area contributed by atoms with Crippen molar-refractivity contribution < 1.29 is 0 Å². The summed E-state index contributed by atoms with van der Waals surface area (Å²) in [6, 6.07) is 0.657. The molecule has 0 spiro atoms. The van der Waals surface area contributed by atoms with E-state index < -0.39 is 0 Å². The van der Waals surface area contributed by atoms with E-state index >= 15 is 0 Å². The zero-order valence-corrected chi connectivity index (χ0v) is 9.06. The topological polar surface area (TPSA) is 24.1 Å². The molecule has 0 aromatic heterocycles. The lowest BCUT2D eigenvalue weighted by Gasteiger charge is -2.39. The van der Waals surface area contributed by atoms with Crippen molar-refractivity contribution in [3.8, 4) is 0 Å². The molecule has 2 nitrogen and oxygen atoms in total. The van der Waals surface area contributed by atoms with Crippen LogP contribution in [0.3, 0.4) is 0 Å². The molecular weight excluding hydrogens is 160 g/mol. The van der Waals surface area contributed by atoms with Gasteiger partial charge in [0.25, 0.3) is 0 Å². The summed E-state index contributed by atoms with van der Waals surface area (Å²) >= 11 is 0. The Bertz CT molecular complexity index is 173. The molecule has 1 fully saturated rings. The van der Waals surface area contributed by atoms with Gasteiger partial charge in [0.1, 0.15) is 0 Å². The third kappa shape index (κ3) is 3.12. The molecule has 1 rings (SSSR count). The first-order valence-electron chi connectivity index (χ1n) is 5.22. The van der Waals surface area contributed by atoms with Crippen LogP contribution in [0, 0.1) is 5.41 Å². The summed E-state index contributed by atoms with van der Waals surface area (Å²) < 4.78 is 0. The van der Waals surface area contributed by atoms with Gasteiger partial charge in [-0.05, 0) is 25.3 Å². The van der Waals surface area contributed by atoms with Crippen molar-refractivity contribution in [2.75, 3.05) is 19.6 Å². The lowest BCUT2D eigenvalue weighted by atomic mass is 9.80. The minimum Gasteiger partial charge on any atom is -0.316 e. The van der Waals surface area contributed by atoms with E-state index in [1.165, 1.54) is 6.42 Å². The Morgan fingerprint density at radius 1 is 1.54 bits per heavy atom. The molecule has 0 amide bonds. The highest BCUT2D eigenvalue weighted by atomic mass is 15.0. The van der Waals surface area contributed by atoms with Gasteiger partial charge >= 0.3 is 0 Å². The zero-order chi connectivity index (χ0) is 9.73. The largest absolute Gasteiger partial charge is 0.316 e. The third-order valence-corrected chi connectivity index (χ3v) is 2.85. The van der Waals surface area contributed by atoms with Crippen molar-refractivity contribution in [2.45, 2.75) is 33.2 Å². The Balaban J connectivity index is 2.37. The van der Waals surface area contributed by atoms with Crippen LogP contribution in [0.25, 0.3) is 0 Å². The van der Waals surface area contributed by atoms with Crippen LogP contribution in [0.2, 0.25) is 0 Å². The number of nitrogens with one attached hydrogen (secondary N) is 2. The maximum Gasteiger partial charge on any atom is 0.0145 e. The first-order chi connectivity index (χ1) is 6.17. The third-order valence-electron chi connectivity index (χ3n) is 2.85. The molecule has 0 bridgehead atoms. The lowest BCUT2D eigenvalue weighted by Crippen LogP contribution is -2.52. The Morgan fingerprint density at radius 2 is 2.31 bits per heavy atom. The highest BCUT2D eigenvalue weighted by Gasteiger charge is 2.31. The predicted molar refractivity (Wildman–Crippen MR) is 57.9 cm³/mol. The molecule has 1 saturated heterocycles. The highest BCUT2D eigenvalue weighted by molar-refractivity contribution is 4.92. The molecule has 1 aliphatic rings. The molecule has 13 heavy (non-hydrogen) atoms. The van der Waals surface area contributed by atoms with Gasteiger partial charge in [-0.3, -0.25) is 0 Å². The average Bonchev–Trinajstić information content (AvgIpc) is 2.08. The van der Waals surface area contributed by atoms with Crippen molar-refractivity contribution >= 4 is 0 Å². The van der Waals surface area contributed by atoms with Crippen molar-refractivity contribution in [1.82, 2.24) is 10.6 Å². The Morgan fingerprint density at radius 3 is 2.92 bits per heavy atom. The standard InChI is InChI=1S/C11H22N2/c1-4-5-7-13-10-6-8-12-9-11(10,2)3/h4-5,10,12-13H,6-9H2,1-3H3/b5-4+. The molecule has 0 aromatic rings. The molecular formula is C11H22N2. The van der Waals surface area contributed by atoms with Gasteiger partial charge in [-0.15, -0.1) is 0 Å². The number of piperidine rings is 1. The van der Waals surface area contributed by atoms with Gasteiger partial charge in [-0.2, -0.15) is 0 Å². The molecule has 1 atom stereocenters. The van der Waals surface area contributed by atoms with Crippen LogP contribution in [0.5, 0.6) is 0 Å². The van der Waals surface area contributed by atoms with E-state index in [1.54, 1.807) is 0 Å². The molecule has 1 unspecified atom stereocenters. The van der Waals surface area contributed by atoms with Gasteiger partial charge in [-0.25, -0.2) is 0 Å². The maximum atomic E-state index is 3.59. The number of allylic oxidation sites excluding steroid dienone is 1. The van der Waals surface area contributed by atoms with Gasteiger partial charge in [0, 0.05) is 19.1 Å². The SMILES string of the molecule is C/C=C/CNC1CCNCC1(C)C. The zero-order valence-electron chi connectivity index (χ0n) is 9.06. The smallest absolute Gasteiger partial charge is 0.0145 e. The summed E-state index contributed by atoms with van der Waals surface area (Å²) in [7, 11) is 0. The molecule has 2 N–H and O–H groups in total. The van der Waals surface area contributed by atoms with Crippen molar-refractivity contribution in [2.24, 2.45) is 5.41 Å². The quantitative estimate of drug-likeness (QED) is 0.647.